The van der Waals surface area contributed by atoms with E-state index in [-0.39, 0.29) is 23.1 Å². The lowest BCUT2D eigenvalue weighted by molar-refractivity contribution is 0.404. The highest BCUT2D eigenvalue weighted by atomic mass is 35.5. The van der Waals surface area contributed by atoms with Crippen LogP contribution in [0.15, 0.2) is 23.0 Å². The van der Waals surface area contributed by atoms with Crippen LogP contribution in [0.4, 0.5) is 0 Å². The molecule has 1 fully saturated rings. The molecule has 0 aliphatic carbocycles. The molecule has 5 nitrogen and oxygen atoms in total. The van der Waals surface area contributed by atoms with Crippen LogP contribution < -0.4 is 5.69 Å². The lowest BCUT2D eigenvalue weighted by atomic mass is 10.0. The zero-order valence-corrected chi connectivity index (χ0v) is 12.4. The third-order valence-electron chi connectivity index (χ3n) is 3.85. The second-order valence-electron chi connectivity index (χ2n) is 5.30. The molecule has 1 aliphatic rings. The summed E-state index contributed by atoms with van der Waals surface area (Å²) in [6.45, 7) is 0.552. The van der Waals surface area contributed by atoms with Crippen molar-refractivity contribution in [3.05, 3.63) is 33.7 Å². The van der Waals surface area contributed by atoms with Gasteiger partial charge in [-0.05, 0) is 37.0 Å². The van der Waals surface area contributed by atoms with Crippen molar-refractivity contribution in [3.63, 3.8) is 0 Å². The molecule has 1 saturated heterocycles. The van der Waals surface area contributed by atoms with E-state index in [1.807, 2.05) is 6.07 Å². The van der Waals surface area contributed by atoms with Gasteiger partial charge in [-0.15, -0.1) is 0 Å². The number of sulfone groups is 1. The molecule has 0 radical (unpaired) electrons. The summed E-state index contributed by atoms with van der Waals surface area (Å²) in [4.78, 5) is 14.8. The Labute approximate surface area is 121 Å². The van der Waals surface area contributed by atoms with Gasteiger partial charge in [0.2, 0.25) is 0 Å². The first kappa shape index (κ1) is 13.7. The van der Waals surface area contributed by atoms with Gasteiger partial charge in [0.1, 0.15) is 9.84 Å². The molecular weight excluding hydrogens is 300 g/mol. The highest BCUT2D eigenvalue weighted by Gasteiger charge is 2.24. The van der Waals surface area contributed by atoms with Crippen LogP contribution in [-0.2, 0) is 16.4 Å². The molecule has 2 aromatic rings. The fraction of sp³-hybridized carbons (Fsp3) is 0.462. The minimum absolute atomic E-state index is 0.171. The van der Waals surface area contributed by atoms with Crippen molar-refractivity contribution < 1.29 is 8.42 Å². The van der Waals surface area contributed by atoms with E-state index in [0.29, 0.717) is 29.9 Å². The van der Waals surface area contributed by atoms with E-state index in [4.69, 9.17) is 11.6 Å². The normalized spacial score (nSPS) is 19.4. The van der Waals surface area contributed by atoms with Gasteiger partial charge in [0.05, 0.1) is 22.5 Å². The monoisotopic (exact) mass is 314 g/mol. The first-order valence-corrected chi connectivity index (χ1v) is 8.73. The van der Waals surface area contributed by atoms with Crippen LogP contribution in [-0.4, -0.2) is 29.5 Å². The summed E-state index contributed by atoms with van der Waals surface area (Å²) in [5.41, 5.74) is 1.36. The molecule has 20 heavy (non-hydrogen) atoms. The number of halogens is 1. The number of hydrogen-bond acceptors (Lipinski definition) is 3. The van der Waals surface area contributed by atoms with Gasteiger partial charge in [-0.3, -0.25) is 4.57 Å². The molecule has 3 rings (SSSR count). The zero-order chi connectivity index (χ0) is 14.3. The maximum absolute atomic E-state index is 12.0. The van der Waals surface area contributed by atoms with Crippen LogP contribution >= 0.6 is 11.6 Å². The molecule has 0 amide bonds. The number of aromatic amines is 1. The van der Waals surface area contributed by atoms with Crippen LogP contribution in [0.5, 0.6) is 0 Å². The Kier molecular flexibility index (Phi) is 3.38. The Morgan fingerprint density at radius 2 is 2.00 bits per heavy atom. The molecule has 0 spiro atoms. The van der Waals surface area contributed by atoms with Gasteiger partial charge >= 0.3 is 5.69 Å². The van der Waals surface area contributed by atoms with E-state index < -0.39 is 9.84 Å². The summed E-state index contributed by atoms with van der Waals surface area (Å²) < 4.78 is 24.5. The summed E-state index contributed by atoms with van der Waals surface area (Å²) in [5, 5.41) is 0.578. The number of imidazole rings is 1. The summed E-state index contributed by atoms with van der Waals surface area (Å²) >= 11 is 5.91. The average Bonchev–Trinajstić information content (AvgIpc) is 2.67. The molecule has 7 heteroatoms. The maximum atomic E-state index is 12.0. The van der Waals surface area contributed by atoms with Gasteiger partial charge in [-0.2, -0.15) is 0 Å². The molecule has 0 unspecified atom stereocenters. The van der Waals surface area contributed by atoms with Crippen LogP contribution in [0.1, 0.15) is 12.8 Å². The zero-order valence-electron chi connectivity index (χ0n) is 10.8. The largest absolute Gasteiger partial charge is 0.326 e. The van der Waals surface area contributed by atoms with Gasteiger partial charge in [0.25, 0.3) is 0 Å². The smallest absolute Gasteiger partial charge is 0.305 e. The average molecular weight is 315 g/mol. The Morgan fingerprint density at radius 3 is 2.70 bits per heavy atom. The summed E-state index contributed by atoms with van der Waals surface area (Å²) in [5.74, 6) is 0.673. The lowest BCUT2D eigenvalue weighted by Crippen LogP contribution is -2.29. The fourth-order valence-electron chi connectivity index (χ4n) is 2.70. The number of rotatable bonds is 2. The molecule has 0 atom stereocenters. The molecule has 1 aliphatic heterocycles. The van der Waals surface area contributed by atoms with Crippen molar-refractivity contribution in [1.82, 2.24) is 9.55 Å². The molecule has 2 heterocycles. The molecule has 1 aromatic heterocycles. The van der Waals surface area contributed by atoms with Gasteiger partial charge < -0.3 is 4.98 Å². The number of nitrogens with one attached hydrogen (secondary N) is 1. The SMILES string of the molecule is O=c1[nH]c2cc(Cl)ccc2n1CC1CCS(=O)(=O)CC1. The van der Waals surface area contributed by atoms with E-state index in [9.17, 15) is 13.2 Å². The third-order valence-corrected chi connectivity index (χ3v) is 5.80. The predicted octanol–water partition coefficient (Wildman–Crippen LogP) is 1.81. The van der Waals surface area contributed by atoms with Crippen molar-refractivity contribution in [2.24, 2.45) is 5.92 Å². The van der Waals surface area contributed by atoms with E-state index >= 15 is 0 Å². The lowest BCUT2D eigenvalue weighted by Gasteiger charge is -2.22. The van der Waals surface area contributed by atoms with Gasteiger partial charge in [-0.1, -0.05) is 11.6 Å². The van der Waals surface area contributed by atoms with Gasteiger partial charge in [0.15, 0.2) is 0 Å². The van der Waals surface area contributed by atoms with Crippen LogP contribution in [0, 0.1) is 5.92 Å². The highest BCUT2D eigenvalue weighted by Crippen LogP contribution is 2.22. The van der Waals surface area contributed by atoms with E-state index in [0.717, 1.165) is 5.52 Å². The molecular formula is C13H15ClN2O3S. The Bertz CT molecular complexity index is 793. The Morgan fingerprint density at radius 1 is 1.30 bits per heavy atom. The molecule has 1 N–H and O–H groups in total. The second kappa shape index (κ2) is 4.93. The first-order chi connectivity index (χ1) is 9.44. The number of nitrogens with zero attached hydrogens (tertiary/aromatic N) is 1. The van der Waals surface area contributed by atoms with Gasteiger partial charge in [0, 0.05) is 11.6 Å². The fourth-order valence-corrected chi connectivity index (χ4v) is 4.46. The third kappa shape index (κ3) is 2.62. The summed E-state index contributed by atoms with van der Waals surface area (Å²) in [6, 6.07) is 5.29. The van der Waals surface area contributed by atoms with Crippen molar-refractivity contribution >= 4 is 32.5 Å². The first-order valence-electron chi connectivity index (χ1n) is 6.53. The number of H-pyrrole nitrogens is 1. The minimum atomic E-state index is -2.87. The van der Waals surface area contributed by atoms with Crippen molar-refractivity contribution in [2.75, 3.05) is 11.5 Å². The highest BCUT2D eigenvalue weighted by molar-refractivity contribution is 7.91. The summed E-state index contributed by atoms with van der Waals surface area (Å²) in [6.07, 6.45) is 1.24. The number of hydrogen-bond donors (Lipinski definition) is 1. The standard InChI is InChI=1S/C13H15ClN2O3S/c14-10-1-2-12-11(7-10)15-13(17)16(12)8-9-3-5-20(18,19)6-4-9/h1-2,7,9H,3-6,8H2,(H,15,17). The quantitative estimate of drug-likeness (QED) is 0.919. The molecule has 108 valence electrons. The van der Waals surface area contributed by atoms with Crippen molar-refractivity contribution in [3.8, 4) is 0 Å². The van der Waals surface area contributed by atoms with E-state index in [1.54, 1.807) is 16.7 Å². The molecule has 0 bridgehead atoms. The predicted molar refractivity (Wildman–Crippen MR) is 78.9 cm³/mol. The molecule has 0 saturated carbocycles. The summed E-state index contributed by atoms with van der Waals surface area (Å²) in [7, 11) is -2.87. The second-order valence-corrected chi connectivity index (χ2v) is 8.04. The van der Waals surface area contributed by atoms with Crippen LogP contribution in [0.25, 0.3) is 11.0 Å². The topological polar surface area (TPSA) is 71.9 Å². The van der Waals surface area contributed by atoms with Gasteiger partial charge in [-0.25, -0.2) is 13.2 Å². The number of aromatic nitrogens is 2. The Balaban J connectivity index is 1.88. The Hall–Kier alpha value is -1.27. The van der Waals surface area contributed by atoms with E-state index in [2.05, 4.69) is 4.98 Å². The van der Waals surface area contributed by atoms with E-state index in [1.165, 1.54) is 0 Å². The van der Waals surface area contributed by atoms with Crippen molar-refractivity contribution in [2.45, 2.75) is 19.4 Å². The number of benzene rings is 1. The van der Waals surface area contributed by atoms with Crippen LogP contribution in [0.3, 0.4) is 0 Å². The molecule has 1 aromatic carbocycles. The number of fused-ring (bicyclic) bond motifs is 1. The van der Waals surface area contributed by atoms with Crippen LogP contribution in [0.2, 0.25) is 5.02 Å². The minimum Gasteiger partial charge on any atom is -0.305 e. The van der Waals surface area contributed by atoms with Crippen molar-refractivity contribution in [1.29, 1.82) is 0 Å². The maximum Gasteiger partial charge on any atom is 0.326 e.